The minimum absolute atomic E-state index is 0.0171. The van der Waals surface area contributed by atoms with Crippen LogP contribution in [-0.2, 0) is 20.9 Å². The summed E-state index contributed by atoms with van der Waals surface area (Å²) < 4.78 is 6.86. The van der Waals surface area contributed by atoms with E-state index >= 15 is 0 Å². The maximum absolute atomic E-state index is 12.3. The molecule has 2 atom stereocenters. The lowest BCUT2D eigenvalue weighted by Crippen LogP contribution is -2.51. The van der Waals surface area contributed by atoms with Gasteiger partial charge in [-0.25, -0.2) is 4.68 Å². The molecule has 22 heavy (non-hydrogen) atoms. The summed E-state index contributed by atoms with van der Waals surface area (Å²) in [5, 5.41) is 10.7. The van der Waals surface area contributed by atoms with E-state index in [2.05, 4.69) is 15.5 Å². The zero-order chi connectivity index (χ0) is 15.5. The maximum atomic E-state index is 12.3. The van der Waals surface area contributed by atoms with Crippen molar-refractivity contribution in [1.82, 2.24) is 30.0 Å². The molecule has 2 amide bonds. The van der Waals surface area contributed by atoms with E-state index < -0.39 is 0 Å². The van der Waals surface area contributed by atoms with Crippen LogP contribution in [0, 0.1) is 5.92 Å². The summed E-state index contributed by atoms with van der Waals surface area (Å²) in [6.45, 7) is 4.99. The third-order valence-electron chi connectivity index (χ3n) is 4.06. The Morgan fingerprint density at radius 1 is 1.23 bits per heavy atom. The number of aromatic nitrogens is 4. The number of amides is 2. The van der Waals surface area contributed by atoms with Gasteiger partial charge in [0.05, 0.1) is 12.0 Å². The second kappa shape index (κ2) is 6.39. The van der Waals surface area contributed by atoms with Crippen molar-refractivity contribution in [2.75, 3.05) is 32.8 Å². The molecule has 2 aliphatic rings. The van der Waals surface area contributed by atoms with Crippen LogP contribution < -0.4 is 0 Å². The minimum Gasteiger partial charge on any atom is -0.378 e. The lowest BCUT2D eigenvalue weighted by atomic mass is 10.2. The number of carbonyl (C=O) groups excluding carboxylic acids is 2. The summed E-state index contributed by atoms with van der Waals surface area (Å²) in [7, 11) is 0. The zero-order valence-electron chi connectivity index (χ0n) is 12.6. The van der Waals surface area contributed by atoms with Crippen LogP contribution in [0.4, 0.5) is 0 Å². The van der Waals surface area contributed by atoms with Crippen LogP contribution in [-0.4, -0.2) is 80.7 Å². The van der Waals surface area contributed by atoms with Gasteiger partial charge in [-0.15, -0.1) is 5.10 Å². The molecule has 1 saturated carbocycles. The van der Waals surface area contributed by atoms with Gasteiger partial charge >= 0.3 is 0 Å². The summed E-state index contributed by atoms with van der Waals surface area (Å²) in [5.41, 5.74) is 0. The van der Waals surface area contributed by atoms with Gasteiger partial charge in [0.25, 0.3) is 0 Å². The van der Waals surface area contributed by atoms with Crippen molar-refractivity contribution in [3.8, 4) is 0 Å². The molecule has 9 nitrogen and oxygen atoms in total. The fourth-order valence-corrected chi connectivity index (χ4v) is 2.73. The predicted octanol–water partition coefficient (Wildman–Crippen LogP) is -1.23. The molecule has 0 aromatic carbocycles. The molecule has 3 rings (SSSR count). The number of ether oxygens (including phenoxy) is 1. The van der Waals surface area contributed by atoms with E-state index in [1.54, 1.807) is 4.90 Å². The number of hydrogen-bond donors (Lipinski definition) is 0. The highest BCUT2D eigenvalue weighted by Crippen LogP contribution is 2.35. The molecule has 1 aliphatic carbocycles. The van der Waals surface area contributed by atoms with Gasteiger partial charge in [-0.2, -0.15) is 0 Å². The Morgan fingerprint density at radius 2 is 1.95 bits per heavy atom. The van der Waals surface area contributed by atoms with E-state index in [0.717, 1.165) is 6.42 Å². The molecule has 0 spiro atoms. The summed E-state index contributed by atoms with van der Waals surface area (Å²) in [6, 6.07) is 0. The summed E-state index contributed by atoms with van der Waals surface area (Å²) in [4.78, 5) is 28.0. The number of hydrogen-bond acceptors (Lipinski definition) is 6. The first kappa shape index (κ1) is 14.9. The molecule has 1 aromatic heterocycles. The zero-order valence-corrected chi connectivity index (χ0v) is 12.6. The topological polar surface area (TPSA) is 93.5 Å². The van der Waals surface area contributed by atoms with Crippen molar-refractivity contribution in [1.29, 1.82) is 0 Å². The lowest BCUT2D eigenvalue weighted by molar-refractivity contribution is -0.141. The van der Waals surface area contributed by atoms with Crippen molar-refractivity contribution in [2.24, 2.45) is 5.92 Å². The highest BCUT2D eigenvalue weighted by atomic mass is 16.5. The Labute approximate surface area is 128 Å². The number of nitrogens with zero attached hydrogens (tertiary/aromatic N) is 6. The third kappa shape index (κ3) is 3.24. The smallest absolute Gasteiger partial charge is 0.244 e. The quantitative estimate of drug-likeness (QED) is 0.676. The Morgan fingerprint density at radius 3 is 2.59 bits per heavy atom. The Kier molecular flexibility index (Phi) is 4.32. The Hall–Kier alpha value is -2.03. The fraction of sp³-hybridized carbons (Fsp3) is 0.769. The summed E-state index contributed by atoms with van der Waals surface area (Å²) in [6.07, 6.45) is 2.33. The minimum atomic E-state index is -0.0296. The van der Waals surface area contributed by atoms with E-state index in [0.29, 0.717) is 32.8 Å². The fourth-order valence-electron chi connectivity index (χ4n) is 2.73. The monoisotopic (exact) mass is 308 g/mol. The van der Waals surface area contributed by atoms with E-state index in [1.807, 2.05) is 11.8 Å². The van der Waals surface area contributed by atoms with E-state index in [9.17, 15) is 9.59 Å². The first-order valence-corrected chi connectivity index (χ1v) is 7.58. The molecule has 2 fully saturated rings. The summed E-state index contributed by atoms with van der Waals surface area (Å²) in [5.74, 6) is 0.146. The van der Waals surface area contributed by atoms with E-state index in [4.69, 9.17) is 4.74 Å². The van der Waals surface area contributed by atoms with Gasteiger partial charge in [0.1, 0.15) is 12.9 Å². The van der Waals surface area contributed by atoms with Gasteiger partial charge in [0.15, 0.2) is 0 Å². The highest BCUT2D eigenvalue weighted by Gasteiger charge is 2.46. The van der Waals surface area contributed by atoms with Gasteiger partial charge in [0, 0.05) is 32.8 Å². The van der Waals surface area contributed by atoms with Crippen molar-refractivity contribution in [3.63, 3.8) is 0 Å². The van der Waals surface area contributed by atoms with Crippen molar-refractivity contribution >= 4 is 11.8 Å². The molecular formula is C13H20N6O3. The molecule has 1 saturated heterocycles. The molecule has 1 aromatic rings. The molecule has 120 valence electrons. The molecule has 2 heterocycles. The molecule has 0 N–H and O–H groups in total. The standard InChI is InChI=1S/C13H20N6O3/c1-2-22-11-7-10(11)13(21)18-5-3-17(4-6-18)12(20)8-19-9-14-15-16-19/h9-11H,2-8H2,1H3. The largest absolute Gasteiger partial charge is 0.378 e. The average Bonchev–Trinajstić information content (AvgIpc) is 3.11. The van der Waals surface area contributed by atoms with Crippen molar-refractivity contribution < 1.29 is 14.3 Å². The Balaban J connectivity index is 1.44. The Bertz CT molecular complexity index is 526. The molecule has 1 aliphatic heterocycles. The number of piperazine rings is 1. The summed E-state index contributed by atoms with van der Waals surface area (Å²) >= 11 is 0. The second-order valence-electron chi connectivity index (χ2n) is 5.55. The van der Waals surface area contributed by atoms with Gasteiger partial charge in [-0.3, -0.25) is 9.59 Å². The van der Waals surface area contributed by atoms with Gasteiger partial charge in [-0.05, 0) is 23.8 Å². The normalized spacial score (nSPS) is 24.4. The molecule has 0 radical (unpaired) electrons. The maximum Gasteiger partial charge on any atom is 0.244 e. The molecule has 2 unspecified atom stereocenters. The van der Waals surface area contributed by atoms with Crippen LogP contribution in [0.25, 0.3) is 0 Å². The molecular weight excluding hydrogens is 288 g/mol. The van der Waals surface area contributed by atoms with Crippen molar-refractivity contribution in [3.05, 3.63) is 6.33 Å². The van der Waals surface area contributed by atoms with Crippen LogP contribution in [0.5, 0.6) is 0 Å². The molecule has 9 heteroatoms. The van der Waals surface area contributed by atoms with Crippen LogP contribution in [0.1, 0.15) is 13.3 Å². The third-order valence-corrected chi connectivity index (χ3v) is 4.06. The number of carbonyl (C=O) groups is 2. The van der Waals surface area contributed by atoms with Crippen LogP contribution in [0.3, 0.4) is 0 Å². The molecule has 0 bridgehead atoms. The van der Waals surface area contributed by atoms with E-state index in [1.165, 1.54) is 11.0 Å². The van der Waals surface area contributed by atoms with Gasteiger partial charge < -0.3 is 14.5 Å². The van der Waals surface area contributed by atoms with Crippen molar-refractivity contribution in [2.45, 2.75) is 26.0 Å². The first-order valence-electron chi connectivity index (χ1n) is 7.58. The van der Waals surface area contributed by atoms with Crippen LogP contribution >= 0.6 is 0 Å². The number of rotatable bonds is 5. The second-order valence-corrected chi connectivity index (χ2v) is 5.55. The van der Waals surface area contributed by atoms with Gasteiger partial charge in [-0.1, -0.05) is 0 Å². The predicted molar refractivity (Wildman–Crippen MR) is 74.5 cm³/mol. The van der Waals surface area contributed by atoms with Gasteiger partial charge in [0.2, 0.25) is 11.8 Å². The average molecular weight is 308 g/mol. The lowest BCUT2D eigenvalue weighted by Gasteiger charge is -2.34. The van der Waals surface area contributed by atoms with E-state index in [-0.39, 0.29) is 30.4 Å². The SMILES string of the molecule is CCOC1CC1C(=O)N1CCN(C(=O)Cn2cnnn2)CC1. The number of tetrazole rings is 1. The first-order chi connectivity index (χ1) is 10.7. The highest BCUT2D eigenvalue weighted by molar-refractivity contribution is 5.83. The van der Waals surface area contributed by atoms with Crippen LogP contribution in [0.15, 0.2) is 6.33 Å². The van der Waals surface area contributed by atoms with Crippen LogP contribution in [0.2, 0.25) is 0 Å².